The first kappa shape index (κ1) is 24.6. The van der Waals surface area contributed by atoms with E-state index >= 15 is 0 Å². The van der Waals surface area contributed by atoms with Crippen LogP contribution in [0.5, 0.6) is 0 Å². The molecule has 1 aromatic carbocycles. The normalized spacial score (nSPS) is 17.0. The zero-order valence-electron chi connectivity index (χ0n) is 17.4. The van der Waals surface area contributed by atoms with Gasteiger partial charge in [-0.2, -0.15) is 26.3 Å². The Labute approximate surface area is 194 Å². The molecule has 4 rings (SSSR count). The summed E-state index contributed by atoms with van der Waals surface area (Å²) in [5.41, 5.74) is -1.40. The second kappa shape index (κ2) is 8.90. The van der Waals surface area contributed by atoms with E-state index in [1.54, 1.807) is 18.2 Å². The van der Waals surface area contributed by atoms with Crippen molar-refractivity contribution in [3.8, 4) is 0 Å². The number of rotatable bonds is 5. The van der Waals surface area contributed by atoms with Crippen LogP contribution in [-0.2, 0) is 18.8 Å². The van der Waals surface area contributed by atoms with Gasteiger partial charge in [0.15, 0.2) is 11.4 Å². The van der Waals surface area contributed by atoms with Crippen LogP contribution in [0.3, 0.4) is 0 Å². The van der Waals surface area contributed by atoms with Gasteiger partial charge in [-0.05, 0) is 42.7 Å². The summed E-state index contributed by atoms with van der Waals surface area (Å²) in [6.07, 6.45) is -9.94. The maximum atomic E-state index is 13.4. The van der Waals surface area contributed by atoms with E-state index in [-0.39, 0.29) is 25.5 Å². The number of aliphatic hydroxyl groups is 2. The van der Waals surface area contributed by atoms with Crippen molar-refractivity contribution in [3.63, 3.8) is 0 Å². The van der Waals surface area contributed by atoms with E-state index < -0.39 is 54.9 Å². The molecule has 34 heavy (non-hydrogen) atoms. The molecule has 184 valence electrons. The number of nitrogens with one attached hydrogen (secondary N) is 1. The fourth-order valence-electron chi connectivity index (χ4n) is 4.20. The number of hydrogen-bond acceptors (Lipinski definition) is 5. The maximum Gasteiger partial charge on any atom is 0.433 e. The molecule has 0 unspecified atom stereocenters. The molecule has 2 aromatic heterocycles. The lowest BCUT2D eigenvalue weighted by atomic mass is 9.91. The molecule has 3 aromatic rings. The summed E-state index contributed by atoms with van der Waals surface area (Å²) >= 11 is 6.11. The summed E-state index contributed by atoms with van der Waals surface area (Å²) < 4.78 is 80.3. The molecule has 0 saturated heterocycles. The van der Waals surface area contributed by atoms with Crippen LogP contribution in [0, 0.1) is 5.92 Å². The Kier molecular flexibility index (Phi) is 6.42. The van der Waals surface area contributed by atoms with Gasteiger partial charge in [0, 0.05) is 47.3 Å². The number of aliphatic hydroxyl groups excluding tert-OH is 2. The molecule has 0 amide bonds. The molecule has 0 radical (unpaired) electrons. The number of benzene rings is 1. The Balaban J connectivity index is 1.88. The van der Waals surface area contributed by atoms with Gasteiger partial charge in [0.05, 0.1) is 6.04 Å². The first-order valence-corrected chi connectivity index (χ1v) is 10.6. The van der Waals surface area contributed by atoms with Crippen molar-refractivity contribution in [2.24, 2.45) is 5.92 Å². The molecule has 13 heteroatoms. The minimum atomic E-state index is -5.12. The van der Waals surface area contributed by atoms with E-state index in [0.29, 0.717) is 16.2 Å². The van der Waals surface area contributed by atoms with Crippen molar-refractivity contribution >= 4 is 28.5 Å². The minimum Gasteiger partial charge on any atom is -0.396 e. The number of anilines is 1. The molecule has 0 fully saturated rings. The fourth-order valence-corrected chi connectivity index (χ4v) is 4.37. The Morgan fingerprint density at radius 3 is 2.21 bits per heavy atom. The summed E-state index contributed by atoms with van der Waals surface area (Å²) in [6.45, 7) is -0.849. The van der Waals surface area contributed by atoms with Crippen LogP contribution in [0.15, 0.2) is 24.3 Å². The van der Waals surface area contributed by atoms with E-state index in [1.165, 1.54) is 4.90 Å². The van der Waals surface area contributed by atoms with E-state index in [2.05, 4.69) is 15.0 Å². The quantitative estimate of drug-likeness (QED) is 0.433. The van der Waals surface area contributed by atoms with Gasteiger partial charge in [-0.15, -0.1) is 0 Å². The highest BCUT2D eigenvalue weighted by atomic mass is 35.5. The van der Waals surface area contributed by atoms with Crippen LogP contribution in [0.25, 0.3) is 10.9 Å². The van der Waals surface area contributed by atoms with Gasteiger partial charge in [0.2, 0.25) is 5.95 Å². The zero-order chi connectivity index (χ0) is 24.8. The van der Waals surface area contributed by atoms with E-state index in [0.717, 1.165) is 10.9 Å². The first-order valence-electron chi connectivity index (χ1n) is 10.2. The third-order valence-corrected chi connectivity index (χ3v) is 6.07. The molecule has 1 aliphatic rings. The smallest absolute Gasteiger partial charge is 0.396 e. The van der Waals surface area contributed by atoms with Crippen LogP contribution in [-0.4, -0.2) is 44.9 Å². The lowest BCUT2D eigenvalue weighted by Crippen LogP contribution is -2.39. The summed E-state index contributed by atoms with van der Waals surface area (Å²) in [5, 5.41) is 20.4. The van der Waals surface area contributed by atoms with Crippen molar-refractivity contribution in [2.75, 3.05) is 24.7 Å². The Morgan fingerprint density at radius 2 is 1.65 bits per heavy atom. The van der Waals surface area contributed by atoms with Crippen LogP contribution < -0.4 is 4.90 Å². The minimum absolute atomic E-state index is 0.0132. The molecule has 3 heterocycles. The van der Waals surface area contributed by atoms with Crippen molar-refractivity contribution < 1.29 is 36.6 Å². The largest absolute Gasteiger partial charge is 0.433 e. The third-order valence-electron chi connectivity index (χ3n) is 5.84. The van der Waals surface area contributed by atoms with Gasteiger partial charge in [0.25, 0.3) is 0 Å². The Hall–Kier alpha value is -2.57. The zero-order valence-corrected chi connectivity index (χ0v) is 18.1. The average Bonchev–Trinajstić information content (AvgIpc) is 3.14. The van der Waals surface area contributed by atoms with Crippen molar-refractivity contribution in [2.45, 2.75) is 31.2 Å². The third kappa shape index (κ3) is 4.66. The standard InChI is InChI=1S/C21H19ClF6N4O2/c22-11-1-2-14-13(6-11)12-3-4-32(15(18(12)29-14)5-10(8-33)9-34)19-30-16(20(23,24)25)7-17(31-19)21(26,27)28/h1-2,6-7,10,15,29,33-34H,3-5,8-9H2/t15-/m0/s1. The van der Waals surface area contributed by atoms with E-state index in [1.807, 2.05) is 0 Å². The number of fused-ring (bicyclic) bond motifs is 3. The predicted molar refractivity (Wildman–Crippen MR) is 111 cm³/mol. The summed E-state index contributed by atoms with van der Waals surface area (Å²) in [7, 11) is 0. The average molecular weight is 509 g/mol. The number of aromatic amines is 1. The lowest BCUT2D eigenvalue weighted by molar-refractivity contribution is -0.147. The van der Waals surface area contributed by atoms with Gasteiger partial charge in [0.1, 0.15) is 0 Å². The first-order chi connectivity index (χ1) is 15.9. The van der Waals surface area contributed by atoms with E-state index in [4.69, 9.17) is 11.6 Å². The molecule has 3 N–H and O–H groups in total. The molecular weight excluding hydrogens is 490 g/mol. The predicted octanol–water partition coefficient (Wildman–Crippen LogP) is 4.74. The molecule has 0 bridgehead atoms. The molecule has 1 aliphatic heterocycles. The summed E-state index contributed by atoms with van der Waals surface area (Å²) in [4.78, 5) is 11.3. The molecule has 0 aliphatic carbocycles. The summed E-state index contributed by atoms with van der Waals surface area (Å²) in [6, 6.07) is 4.13. The monoisotopic (exact) mass is 508 g/mol. The van der Waals surface area contributed by atoms with Crippen LogP contribution in [0.4, 0.5) is 32.3 Å². The molecule has 1 atom stereocenters. The second-order valence-electron chi connectivity index (χ2n) is 8.07. The van der Waals surface area contributed by atoms with Gasteiger partial charge in [-0.25, -0.2) is 9.97 Å². The number of nitrogens with zero attached hydrogens (tertiary/aromatic N) is 3. The van der Waals surface area contributed by atoms with Crippen LogP contribution in [0.2, 0.25) is 5.02 Å². The molecule has 0 saturated carbocycles. The van der Waals surface area contributed by atoms with Crippen LogP contribution >= 0.6 is 11.6 Å². The highest BCUT2D eigenvalue weighted by Gasteiger charge is 2.42. The van der Waals surface area contributed by atoms with Gasteiger partial charge < -0.3 is 20.1 Å². The number of halogens is 7. The highest BCUT2D eigenvalue weighted by Crippen LogP contribution is 2.42. The number of alkyl halides is 6. The van der Waals surface area contributed by atoms with Gasteiger partial charge >= 0.3 is 12.4 Å². The highest BCUT2D eigenvalue weighted by molar-refractivity contribution is 6.31. The maximum absolute atomic E-state index is 13.4. The second-order valence-corrected chi connectivity index (χ2v) is 8.50. The Bertz CT molecular complexity index is 1160. The Morgan fingerprint density at radius 1 is 1.03 bits per heavy atom. The summed E-state index contributed by atoms with van der Waals surface area (Å²) in [5.74, 6) is -1.41. The number of H-pyrrole nitrogens is 1. The fraction of sp³-hybridized carbons (Fsp3) is 0.429. The van der Waals surface area contributed by atoms with Crippen molar-refractivity contribution in [3.05, 3.63) is 51.9 Å². The van der Waals surface area contributed by atoms with Gasteiger partial charge in [-0.3, -0.25) is 0 Å². The SMILES string of the molecule is OCC(CO)C[C@H]1c2[nH]c3ccc(Cl)cc3c2CCN1c1nc(C(F)(F)F)cc(C(F)(F)F)n1. The van der Waals surface area contributed by atoms with Gasteiger partial charge in [-0.1, -0.05) is 11.6 Å². The van der Waals surface area contributed by atoms with Crippen LogP contribution in [0.1, 0.15) is 35.1 Å². The molecular formula is C21H19ClF6N4O2. The van der Waals surface area contributed by atoms with E-state index in [9.17, 15) is 36.6 Å². The number of aromatic nitrogens is 3. The molecule has 6 nitrogen and oxygen atoms in total. The lowest BCUT2D eigenvalue weighted by Gasteiger charge is -2.37. The topological polar surface area (TPSA) is 85.3 Å². The number of hydrogen-bond donors (Lipinski definition) is 3. The van der Waals surface area contributed by atoms with Crippen molar-refractivity contribution in [1.82, 2.24) is 15.0 Å². The molecule has 0 spiro atoms. The van der Waals surface area contributed by atoms with Crippen molar-refractivity contribution in [1.29, 1.82) is 0 Å².